The number of piperazine rings is 1. The van der Waals surface area contributed by atoms with E-state index in [4.69, 9.17) is 4.98 Å². The molecule has 1 aromatic rings. The summed E-state index contributed by atoms with van der Waals surface area (Å²) in [7, 11) is 4.43. The third-order valence-corrected chi connectivity index (χ3v) is 5.27. The number of aromatic nitrogens is 1. The van der Waals surface area contributed by atoms with Crippen LogP contribution in [-0.2, 0) is 6.54 Å². The Bertz CT molecular complexity index is 455. The van der Waals surface area contributed by atoms with E-state index in [9.17, 15) is 0 Å². The second-order valence-corrected chi connectivity index (χ2v) is 7.92. The Labute approximate surface area is 133 Å². The van der Waals surface area contributed by atoms with Gasteiger partial charge in [0.2, 0.25) is 0 Å². The first-order valence-corrected chi connectivity index (χ1v) is 8.81. The molecular weight excluding hydrogens is 280 g/mol. The predicted octanol–water partition coefficient (Wildman–Crippen LogP) is 2.68. The van der Waals surface area contributed by atoms with Crippen LogP contribution < -0.4 is 5.32 Å². The summed E-state index contributed by atoms with van der Waals surface area (Å²) in [6.45, 7) is 13.2. The van der Waals surface area contributed by atoms with Crippen LogP contribution in [0.1, 0.15) is 55.2 Å². The molecule has 4 nitrogen and oxygen atoms in total. The van der Waals surface area contributed by atoms with Gasteiger partial charge in [-0.1, -0.05) is 27.7 Å². The highest BCUT2D eigenvalue weighted by atomic mass is 32.1. The first-order chi connectivity index (χ1) is 9.88. The minimum absolute atomic E-state index is 0.444. The minimum atomic E-state index is 0.444. The molecule has 1 fully saturated rings. The molecule has 0 aromatic carbocycles. The average molecular weight is 311 g/mol. The van der Waals surface area contributed by atoms with Crippen LogP contribution in [0.15, 0.2) is 0 Å². The van der Waals surface area contributed by atoms with E-state index >= 15 is 0 Å². The molecule has 2 heterocycles. The van der Waals surface area contributed by atoms with E-state index in [0.717, 1.165) is 26.2 Å². The standard InChI is InChI=1S/C16H30N4S/c1-11(2)15-14(9-17-12(3)4)21-16(18-15)13-10-19(5)7-8-20(13)6/h11-13,17H,7-10H2,1-6H3. The van der Waals surface area contributed by atoms with E-state index in [0.29, 0.717) is 18.0 Å². The number of rotatable bonds is 5. The molecule has 1 aliphatic heterocycles. The van der Waals surface area contributed by atoms with Gasteiger partial charge in [-0.15, -0.1) is 11.3 Å². The van der Waals surface area contributed by atoms with Crippen molar-refractivity contribution in [3.8, 4) is 0 Å². The van der Waals surface area contributed by atoms with Crippen LogP contribution in [0, 0.1) is 0 Å². The lowest BCUT2D eigenvalue weighted by Gasteiger charge is -2.36. The molecule has 1 aliphatic rings. The quantitative estimate of drug-likeness (QED) is 0.906. The van der Waals surface area contributed by atoms with Gasteiger partial charge in [0.15, 0.2) is 0 Å². The van der Waals surface area contributed by atoms with Gasteiger partial charge in [-0.05, 0) is 20.0 Å². The molecule has 1 aromatic heterocycles. The van der Waals surface area contributed by atoms with Crippen molar-refractivity contribution in [3.05, 3.63) is 15.6 Å². The van der Waals surface area contributed by atoms with Gasteiger partial charge in [0.05, 0.1) is 11.7 Å². The lowest BCUT2D eigenvalue weighted by atomic mass is 10.1. The van der Waals surface area contributed by atoms with Crippen molar-refractivity contribution < 1.29 is 0 Å². The monoisotopic (exact) mass is 310 g/mol. The fourth-order valence-electron chi connectivity index (χ4n) is 2.68. The number of nitrogens with zero attached hydrogens (tertiary/aromatic N) is 3. The van der Waals surface area contributed by atoms with Gasteiger partial charge in [0, 0.05) is 37.1 Å². The molecule has 0 amide bonds. The van der Waals surface area contributed by atoms with Gasteiger partial charge in [0.1, 0.15) is 5.01 Å². The van der Waals surface area contributed by atoms with Crippen LogP contribution in [0.2, 0.25) is 0 Å². The summed E-state index contributed by atoms with van der Waals surface area (Å²) in [6.07, 6.45) is 0. The summed E-state index contributed by atoms with van der Waals surface area (Å²) in [5.74, 6) is 0.491. The molecule has 1 atom stereocenters. The second kappa shape index (κ2) is 7.18. The summed E-state index contributed by atoms with van der Waals surface area (Å²) in [6, 6.07) is 0.957. The van der Waals surface area contributed by atoms with Crippen LogP contribution in [0.25, 0.3) is 0 Å². The number of hydrogen-bond donors (Lipinski definition) is 1. The molecule has 1 N–H and O–H groups in total. The first-order valence-electron chi connectivity index (χ1n) is 8.00. The lowest BCUT2D eigenvalue weighted by molar-refractivity contribution is 0.115. The molecule has 1 saturated heterocycles. The van der Waals surface area contributed by atoms with Crippen molar-refractivity contribution in [3.63, 3.8) is 0 Å². The molecule has 1 unspecified atom stereocenters. The van der Waals surface area contributed by atoms with Crippen molar-refractivity contribution in [1.29, 1.82) is 0 Å². The fraction of sp³-hybridized carbons (Fsp3) is 0.812. The summed E-state index contributed by atoms with van der Waals surface area (Å²) in [5, 5.41) is 4.83. The third kappa shape index (κ3) is 4.25. The van der Waals surface area contributed by atoms with E-state index in [1.165, 1.54) is 15.6 Å². The lowest BCUT2D eigenvalue weighted by Crippen LogP contribution is -2.44. The maximum absolute atomic E-state index is 5.01. The number of nitrogens with one attached hydrogen (secondary N) is 1. The van der Waals surface area contributed by atoms with E-state index in [2.05, 4.69) is 56.9 Å². The van der Waals surface area contributed by atoms with Gasteiger partial charge in [-0.25, -0.2) is 4.98 Å². The van der Waals surface area contributed by atoms with Crippen LogP contribution in [-0.4, -0.2) is 54.6 Å². The highest BCUT2D eigenvalue weighted by Crippen LogP contribution is 2.32. The molecule has 2 rings (SSSR count). The number of thiazole rings is 1. The van der Waals surface area contributed by atoms with Crippen LogP contribution in [0.5, 0.6) is 0 Å². The zero-order valence-electron chi connectivity index (χ0n) is 14.3. The summed E-state index contributed by atoms with van der Waals surface area (Å²) in [5.41, 5.74) is 1.28. The number of likely N-dealkylation sites (N-methyl/N-ethyl adjacent to an activating group) is 2. The van der Waals surface area contributed by atoms with Crippen molar-refractivity contribution >= 4 is 11.3 Å². The molecule has 5 heteroatoms. The Morgan fingerprint density at radius 2 is 1.95 bits per heavy atom. The minimum Gasteiger partial charge on any atom is -0.310 e. The second-order valence-electron chi connectivity index (χ2n) is 6.81. The van der Waals surface area contributed by atoms with Gasteiger partial charge in [0.25, 0.3) is 0 Å². The topological polar surface area (TPSA) is 31.4 Å². The Morgan fingerprint density at radius 1 is 1.24 bits per heavy atom. The zero-order valence-corrected chi connectivity index (χ0v) is 15.1. The molecule has 0 bridgehead atoms. The van der Waals surface area contributed by atoms with Gasteiger partial charge < -0.3 is 10.2 Å². The maximum atomic E-state index is 5.01. The highest BCUT2D eigenvalue weighted by Gasteiger charge is 2.28. The zero-order chi connectivity index (χ0) is 15.6. The molecule has 0 saturated carbocycles. The smallest absolute Gasteiger partial charge is 0.112 e. The normalized spacial score (nSPS) is 21.6. The van der Waals surface area contributed by atoms with Gasteiger partial charge in [-0.3, -0.25) is 4.90 Å². The number of hydrogen-bond acceptors (Lipinski definition) is 5. The van der Waals surface area contributed by atoms with Crippen molar-refractivity contribution in [2.24, 2.45) is 0 Å². The van der Waals surface area contributed by atoms with Crippen molar-refractivity contribution in [2.45, 2.75) is 52.2 Å². The third-order valence-electron chi connectivity index (χ3n) is 4.10. The van der Waals surface area contributed by atoms with E-state index in [1.807, 2.05) is 11.3 Å². The molecule has 0 aliphatic carbocycles. The highest BCUT2D eigenvalue weighted by molar-refractivity contribution is 7.11. The first kappa shape index (κ1) is 16.9. The maximum Gasteiger partial charge on any atom is 0.112 e. The molecule has 0 radical (unpaired) electrons. The Morgan fingerprint density at radius 3 is 2.57 bits per heavy atom. The van der Waals surface area contributed by atoms with Gasteiger partial charge in [-0.2, -0.15) is 0 Å². The van der Waals surface area contributed by atoms with Gasteiger partial charge >= 0.3 is 0 Å². The van der Waals surface area contributed by atoms with Crippen molar-refractivity contribution in [1.82, 2.24) is 20.1 Å². The van der Waals surface area contributed by atoms with E-state index in [1.54, 1.807) is 0 Å². The van der Waals surface area contributed by atoms with Crippen LogP contribution in [0.3, 0.4) is 0 Å². The van der Waals surface area contributed by atoms with Crippen molar-refractivity contribution in [2.75, 3.05) is 33.7 Å². The van der Waals surface area contributed by atoms with Crippen LogP contribution in [0.4, 0.5) is 0 Å². The fourth-order valence-corrected chi connectivity index (χ4v) is 4.00. The van der Waals surface area contributed by atoms with E-state index in [-0.39, 0.29) is 0 Å². The molecule has 0 spiro atoms. The Kier molecular flexibility index (Phi) is 5.77. The van der Waals surface area contributed by atoms with E-state index < -0.39 is 0 Å². The Hall–Kier alpha value is -0.490. The average Bonchev–Trinajstić information content (AvgIpc) is 2.83. The summed E-state index contributed by atoms with van der Waals surface area (Å²) < 4.78 is 0. The van der Waals surface area contributed by atoms with Crippen LogP contribution >= 0.6 is 11.3 Å². The molecule has 120 valence electrons. The summed E-state index contributed by atoms with van der Waals surface area (Å²) in [4.78, 5) is 11.3. The SMILES string of the molecule is CC(C)NCc1sc(C2CN(C)CCN2C)nc1C(C)C. The molecular formula is C16H30N4S. The summed E-state index contributed by atoms with van der Waals surface area (Å²) >= 11 is 1.90. The Balaban J connectivity index is 2.21. The predicted molar refractivity (Wildman–Crippen MR) is 91.0 cm³/mol. The largest absolute Gasteiger partial charge is 0.310 e. The molecule has 21 heavy (non-hydrogen) atoms.